The van der Waals surface area contributed by atoms with Crippen LogP contribution in [-0.4, -0.2) is 28.3 Å². The highest BCUT2D eigenvalue weighted by atomic mass is 32.1. The summed E-state index contributed by atoms with van der Waals surface area (Å²) in [5, 5.41) is 7.40. The van der Waals surface area contributed by atoms with E-state index in [-0.39, 0.29) is 5.91 Å². The Morgan fingerprint density at radius 2 is 2.09 bits per heavy atom. The minimum absolute atomic E-state index is 0.286. The number of carbonyl (C=O) groups excluding carboxylic acids is 2. The predicted octanol–water partition coefficient (Wildman–Crippen LogP) is 3.01. The van der Waals surface area contributed by atoms with E-state index in [1.165, 1.54) is 11.3 Å². The van der Waals surface area contributed by atoms with E-state index < -0.39 is 5.97 Å². The number of aromatic nitrogens is 2. The van der Waals surface area contributed by atoms with Crippen molar-refractivity contribution in [2.75, 3.05) is 11.9 Å². The average Bonchev–Trinajstić information content (AvgIpc) is 3.05. The number of hydrogen-bond acceptors (Lipinski definition) is 5. The van der Waals surface area contributed by atoms with Crippen molar-refractivity contribution in [1.82, 2.24) is 9.78 Å². The first-order valence-electron chi connectivity index (χ1n) is 7.09. The molecule has 0 spiro atoms. The monoisotopic (exact) mass is 321 g/mol. The largest absolute Gasteiger partial charge is 0.462 e. The van der Waals surface area contributed by atoms with Crippen molar-refractivity contribution < 1.29 is 14.3 Å². The zero-order valence-corrected chi connectivity index (χ0v) is 13.9. The van der Waals surface area contributed by atoms with Gasteiger partial charge in [0.05, 0.1) is 12.2 Å². The highest BCUT2D eigenvalue weighted by Crippen LogP contribution is 2.33. The number of carbonyl (C=O) groups is 2. The minimum atomic E-state index is -0.413. The minimum Gasteiger partial charge on any atom is -0.462 e. The second-order valence-electron chi connectivity index (χ2n) is 4.69. The van der Waals surface area contributed by atoms with E-state index in [0.717, 1.165) is 10.4 Å². The first-order chi connectivity index (χ1) is 10.5. The van der Waals surface area contributed by atoms with E-state index in [1.54, 1.807) is 23.9 Å². The highest BCUT2D eigenvalue weighted by molar-refractivity contribution is 7.16. The molecule has 0 aromatic carbocycles. The molecule has 7 heteroatoms. The maximum Gasteiger partial charge on any atom is 0.341 e. The molecule has 0 aliphatic carbocycles. The number of nitrogens with zero attached hydrogens (tertiary/aromatic N) is 2. The number of ether oxygens (including phenoxy) is 1. The summed E-state index contributed by atoms with van der Waals surface area (Å²) < 4.78 is 6.68. The van der Waals surface area contributed by atoms with Crippen LogP contribution in [0.15, 0.2) is 12.3 Å². The standard InChI is InChI=1S/C15H19N3O3S/c1-5-18-11(7-8-16-18)13(19)17-14-12(15(20)21-6-2)9(3)10(4)22-14/h7-8H,5-6H2,1-4H3,(H,17,19). The Morgan fingerprint density at radius 1 is 1.36 bits per heavy atom. The fraction of sp³-hybridized carbons (Fsp3) is 0.400. The average molecular weight is 321 g/mol. The van der Waals surface area contributed by atoms with Crippen LogP contribution in [0.25, 0.3) is 0 Å². The Bertz CT molecular complexity index is 703. The number of hydrogen-bond donors (Lipinski definition) is 1. The summed E-state index contributed by atoms with van der Waals surface area (Å²) in [6, 6.07) is 1.65. The zero-order valence-electron chi connectivity index (χ0n) is 13.1. The van der Waals surface area contributed by atoms with Gasteiger partial charge in [-0.25, -0.2) is 4.79 Å². The number of aryl methyl sites for hydroxylation is 2. The van der Waals surface area contributed by atoms with Crippen molar-refractivity contribution in [3.63, 3.8) is 0 Å². The zero-order chi connectivity index (χ0) is 16.3. The molecule has 0 atom stereocenters. The molecule has 0 saturated heterocycles. The summed E-state index contributed by atoms with van der Waals surface area (Å²) in [7, 11) is 0. The second-order valence-corrected chi connectivity index (χ2v) is 5.92. The molecule has 0 radical (unpaired) electrons. The highest BCUT2D eigenvalue weighted by Gasteiger charge is 2.23. The lowest BCUT2D eigenvalue weighted by Gasteiger charge is -2.08. The molecule has 0 fully saturated rings. The summed E-state index contributed by atoms with van der Waals surface area (Å²) in [6.07, 6.45) is 1.58. The van der Waals surface area contributed by atoms with Gasteiger partial charge in [-0.05, 0) is 39.3 Å². The predicted molar refractivity (Wildman–Crippen MR) is 85.6 cm³/mol. The second kappa shape index (κ2) is 6.74. The Kier molecular flexibility index (Phi) is 4.97. The van der Waals surface area contributed by atoms with Gasteiger partial charge < -0.3 is 10.1 Å². The van der Waals surface area contributed by atoms with E-state index in [2.05, 4.69) is 10.4 Å². The molecule has 1 amide bonds. The summed E-state index contributed by atoms with van der Waals surface area (Å²) in [5.41, 5.74) is 1.73. The van der Waals surface area contributed by atoms with E-state index >= 15 is 0 Å². The van der Waals surface area contributed by atoms with Gasteiger partial charge in [0.25, 0.3) is 5.91 Å². The number of thiophene rings is 1. The smallest absolute Gasteiger partial charge is 0.341 e. The normalized spacial score (nSPS) is 10.5. The summed E-state index contributed by atoms with van der Waals surface area (Å²) >= 11 is 1.37. The van der Waals surface area contributed by atoms with Gasteiger partial charge in [-0.2, -0.15) is 5.10 Å². The van der Waals surface area contributed by atoms with E-state index in [4.69, 9.17) is 4.74 Å². The molecule has 0 aliphatic rings. The molecule has 0 aliphatic heterocycles. The molecule has 118 valence electrons. The van der Waals surface area contributed by atoms with Crippen molar-refractivity contribution in [2.24, 2.45) is 0 Å². The van der Waals surface area contributed by atoms with Crippen molar-refractivity contribution >= 4 is 28.2 Å². The fourth-order valence-corrected chi connectivity index (χ4v) is 3.15. The maximum absolute atomic E-state index is 12.4. The Hall–Kier alpha value is -2.15. The lowest BCUT2D eigenvalue weighted by molar-refractivity contribution is 0.0527. The van der Waals surface area contributed by atoms with Gasteiger partial charge in [-0.15, -0.1) is 11.3 Å². The molecule has 2 aromatic rings. The lowest BCUT2D eigenvalue weighted by atomic mass is 10.1. The summed E-state index contributed by atoms with van der Waals surface area (Å²) in [5.74, 6) is -0.699. The van der Waals surface area contributed by atoms with Crippen molar-refractivity contribution in [1.29, 1.82) is 0 Å². The van der Waals surface area contributed by atoms with Gasteiger partial charge in [0.15, 0.2) is 0 Å². The van der Waals surface area contributed by atoms with Gasteiger partial charge in [-0.3, -0.25) is 9.48 Å². The number of amides is 1. The molecule has 0 bridgehead atoms. The van der Waals surface area contributed by atoms with Gasteiger partial charge in [0, 0.05) is 17.6 Å². The molecule has 2 heterocycles. The molecular weight excluding hydrogens is 302 g/mol. The number of nitrogens with one attached hydrogen (secondary N) is 1. The van der Waals surface area contributed by atoms with Crippen molar-refractivity contribution in [2.45, 2.75) is 34.2 Å². The van der Waals surface area contributed by atoms with Gasteiger partial charge >= 0.3 is 5.97 Å². The fourth-order valence-electron chi connectivity index (χ4n) is 2.11. The number of anilines is 1. The van der Waals surface area contributed by atoms with Crippen LogP contribution in [0.2, 0.25) is 0 Å². The van der Waals surface area contributed by atoms with Crippen LogP contribution in [0.5, 0.6) is 0 Å². The van der Waals surface area contributed by atoms with Gasteiger partial charge in [0.2, 0.25) is 0 Å². The molecule has 0 unspecified atom stereocenters. The number of esters is 1. The molecule has 6 nitrogen and oxygen atoms in total. The third-order valence-corrected chi connectivity index (χ3v) is 4.46. The van der Waals surface area contributed by atoms with E-state index in [9.17, 15) is 9.59 Å². The van der Waals surface area contributed by atoms with Gasteiger partial charge in [-0.1, -0.05) is 0 Å². The van der Waals surface area contributed by atoms with E-state index in [0.29, 0.717) is 29.4 Å². The van der Waals surface area contributed by atoms with Crippen LogP contribution in [0.3, 0.4) is 0 Å². The van der Waals surface area contributed by atoms with Gasteiger partial charge in [0.1, 0.15) is 10.7 Å². The van der Waals surface area contributed by atoms with Crippen molar-refractivity contribution in [3.05, 3.63) is 34.0 Å². The van der Waals surface area contributed by atoms with Crippen LogP contribution >= 0.6 is 11.3 Å². The Morgan fingerprint density at radius 3 is 2.73 bits per heavy atom. The molecule has 22 heavy (non-hydrogen) atoms. The third-order valence-electron chi connectivity index (χ3n) is 3.34. The topological polar surface area (TPSA) is 73.2 Å². The molecular formula is C15H19N3O3S. The van der Waals surface area contributed by atoms with Crippen LogP contribution in [-0.2, 0) is 11.3 Å². The van der Waals surface area contributed by atoms with Crippen molar-refractivity contribution in [3.8, 4) is 0 Å². The van der Waals surface area contributed by atoms with Crippen LogP contribution < -0.4 is 5.32 Å². The first kappa shape index (κ1) is 16.2. The summed E-state index contributed by atoms with van der Waals surface area (Å²) in [6.45, 7) is 8.32. The summed E-state index contributed by atoms with van der Waals surface area (Å²) in [4.78, 5) is 25.5. The lowest BCUT2D eigenvalue weighted by Crippen LogP contribution is -2.18. The maximum atomic E-state index is 12.4. The Labute approximate surface area is 133 Å². The quantitative estimate of drug-likeness (QED) is 0.859. The third kappa shape index (κ3) is 3.04. The number of rotatable bonds is 5. The SMILES string of the molecule is CCOC(=O)c1c(NC(=O)c2ccnn2CC)sc(C)c1C. The Balaban J connectivity index is 2.32. The molecule has 2 rings (SSSR count). The van der Waals surface area contributed by atoms with E-state index in [1.807, 2.05) is 20.8 Å². The molecule has 0 saturated carbocycles. The molecule has 1 N–H and O–H groups in total. The first-order valence-corrected chi connectivity index (χ1v) is 7.91. The molecule has 2 aromatic heterocycles. The van der Waals surface area contributed by atoms with Crippen LogP contribution in [0, 0.1) is 13.8 Å². The van der Waals surface area contributed by atoms with Crippen LogP contribution in [0.1, 0.15) is 45.1 Å². The van der Waals surface area contributed by atoms with Crippen LogP contribution in [0.4, 0.5) is 5.00 Å².